The average molecular weight is 308 g/mol. The first kappa shape index (κ1) is 16.7. The molecule has 122 valence electrons. The van der Waals surface area contributed by atoms with Crippen LogP contribution in [0.1, 0.15) is 57.8 Å². The monoisotopic (exact) mass is 308 g/mol. The van der Waals surface area contributed by atoms with E-state index in [9.17, 15) is 14.4 Å². The summed E-state index contributed by atoms with van der Waals surface area (Å²) in [6.07, 6.45) is 11.1. The molecule has 22 heavy (non-hydrogen) atoms. The Kier molecular flexibility index (Phi) is 6.62. The van der Waals surface area contributed by atoms with Crippen molar-refractivity contribution in [2.24, 2.45) is 5.92 Å². The molecule has 0 aliphatic heterocycles. The maximum atomic E-state index is 11.9. The Bertz CT molecular complexity index is 428. The van der Waals surface area contributed by atoms with Gasteiger partial charge in [0, 0.05) is 18.1 Å². The molecule has 2 rings (SSSR count). The van der Waals surface area contributed by atoms with Gasteiger partial charge in [-0.1, -0.05) is 19.3 Å². The molecular weight excluding hydrogens is 284 g/mol. The van der Waals surface area contributed by atoms with E-state index in [1.165, 1.54) is 6.42 Å². The Balaban J connectivity index is 1.64. The van der Waals surface area contributed by atoms with Crippen LogP contribution in [-0.4, -0.2) is 30.4 Å². The molecule has 0 unspecified atom stereocenters. The van der Waals surface area contributed by atoms with Crippen LogP contribution < -0.4 is 0 Å². The van der Waals surface area contributed by atoms with Crippen molar-refractivity contribution in [1.82, 2.24) is 0 Å². The summed E-state index contributed by atoms with van der Waals surface area (Å²) in [6.45, 7) is -0.203. The van der Waals surface area contributed by atoms with Crippen LogP contribution in [0, 0.1) is 5.92 Å². The van der Waals surface area contributed by atoms with Crippen molar-refractivity contribution in [3.05, 3.63) is 12.2 Å². The topological polar surface area (TPSA) is 69.7 Å². The molecule has 2 saturated carbocycles. The zero-order valence-electron chi connectivity index (χ0n) is 12.9. The van der Waals surface area contributed by atoms with E-state index in [-0.39, 0.29) is 24.4 Å². The second-order valence-corrected chi connectivity index (χ2v) is 6.09. The van der Waals surface area contributed by atoms with E-state index in [0.29, 0.717) is 0 Å². The first-order valence-electron chi connectivity index (χ1n) is 8.23. The first-order chi connectivity index (χ1) is 10.6. The lowest BCUT2D eigenvalue weighted by atomic mass is 9.86. The highest BCUT2D eigenvalue weighted by atomic mass is 16.5. The molecule has 0 spiro atoms. The van der Waals surface area contributed by atoms with Crippen molar-refractivity contribution in [3.8, 4) is 0 Å². The van der Waals surface area contributed by atoms with Crippen molar-refractivity contribution >= 4 is 17.7 Å². The molecule has 0 bridgehead atoms. The molecule has 0 radical (unpaired) electrons. The summed E-state index contributed by atoms with van der Waals surface area (Å²) < 4.78 is 10.1. The van der Waals surface area contributed by atoms with Crippen LogP contribution in [0.4, 0.5) is 0 Å². The van der Waals surface area contributed by atoms with Gasteiger partial charge >= 0.3 is 11.9 Å². The number of Topliss-reactive ketones (excluding diaryl/α,β-unsaturated/α-hetero) is 1. The Morgan fingerprint density at radius 3 is 2.09 bits per heavy atom. The number of hydrogen-bond donors (Lipinski definition) is 0. The highest BCUT2D eigenvalue weighted by Gasteiger charge is 2.22. The van der Waals surface area contributed by atoms with Gasteiger partial charge in [0.05, 0.1) is 0 Å². The van der Waals surface area contributed by atoms with Crippen LogP contribution in [-0.2, 0) is 23.9 Å². The fourth-order valence-corrected chi connectivity index (χ4v) is 3.08. The Hall–Kier alpha value is -1.65. The minimum absolute atomic E-state index is 0.0185. The summed E-state index contributed by atoms with van der Waals surface area (Å²) in [7, 11) is 0. The molecule has 0 saturated heterocycles. The fraction of sp³-hybridized carbons (Fsp3) is 0.706. The van der Waals surface area contributed by atoms with Crippen LogP contribution in [0.25, 0.3) is 0 Å². The summed E-state index contributed by atoms with van der Waals surface area (Å²) in [6, 6.07) is 0. The highest BCUT2D eigenvalue weighted by Crippen LogP contribution is 2.24. The average Bonchev–Trinajstić information content (AvgIpc) is 3.04. The van der Waals surface area contributed by atoms with Gasteiger partial charge in [-0.25, -0.2) is 9.59 Å². The number of ether oxygens (including phenoxy) is 2. The van der Waals surface area contributed by atoms with E-state index in [2.05, 4.69) is 0 Å². The molecule has 2 fully saturated rings. The van der Waals surface area contributed by atoms with Crippen LogP contribution in [0.5, 0.6) is 0 Å². The quantitative estimate of drug-likeness (QED) is 0.557. The van der Waals surface area contributed by atoms with Gasteiger partial charge in [0.25, 0.3) is 0 Å². The van der Waals surface area contributed by atoms with Gasteiger partial charge in [0.1, 0.15) is 6.10 Å². The largest absolute Gasteiger partial charge is 0.459 e. The molecule has 5 nitrogen and oxygen atoms in total. The van der Waals surface area contributed by atoms with Crippen LogP contribution >= 0.6 is 0 Å². The lowest BCUT2D eigenvalue weighted by Gasteiger charge is -2.19. The van der Waals surface area contributed by atoms with Crippen LogP contribution in [0.15, 0.2) is 12.2 Å². The summed E-state index contributed by atoms with van der Waals surface area (Å²) in [5, 5.41) is 0. The van der Waals surface area contributed by atoms with Gasteiger partial charge in [0.15, 0.2) is 12.4 Å². The zero-order chi connectivity index (χ0) is 15.8. The van der Waals surface area contributed by atoms with Gasteiger partial charge in [-0.3, -0.25) is 4.79 Å². The molecule has 0 atom stereocenters. The zero-order valence-corrected chi connectivity index (χ0v) is 12.9. The number of hydrogen-bond acceptors (Lipinski definition) is 5. The molecule has 0 aromatic carbocycles. The second kappa shape index (κ2) is 8.71. The molecule has 0 heterocycles. The van der Waals surface area contributed by atoms with Gasteiger partial charge < -0.3 is 9.47 Å². The van der Waals surface area contributed by atoms with Gasteiger partial charge in [-0.2, -0.15) is 0 Å². The maximum absolute atomic E-state index is 11.9. The normalized spacial score (nSPS) is 20.2. The Labute approximate surface area is 131 Å². The van der Waals surface area contributed by atoms with E-state index in [0.717, 1.165) is 63.5 Å². The fourth-order valence-electron chi connectivity index (χ4n) is 3.08. The van der Waals surface area contributed by atoms with E-state index in [1.807, 2.05) is 0 Å². The number of carbonyl (C=O) groups is 3. The van der Waals surface area contributed by atoms with E-state index in [4.69, 9.17) is 9.47 Å². The van der Waals surface area contributed by atoms with Gasteiger partial charge in [-0.15, -0.1) is 0 Å². The van der Waals surface area contributed by atoms with Crippen LogP contribution in [0.2, 0.25) is 0 Å². The van der Waals surface area contributed by atoms with Gasteiger partial charge in [0.2, 0.25) is 0 Å². The summed E-state index contributed by atoms with van der Waals surface area (Å²) in [5.41, 5.74) is 0. The highest BCUT2D eigenvalue weighted by molar-refractivity contribution is 5.93. The molecule has 0 N–H and O–H groups in total. The molecule has 2 aliphatic carbocycles. The minimum Gasteiger partial charge on any atom is -0.459 e. The molecule has 2 aliphatic rings. The van der Waals surface area contributed by atoms with E-state index < -0.39 is 11.9 Å². The third-order valence-electron chi connectivity index (χ3n) is 4.36. The lowest BCUT2D eigenvalue weighted by Crippen LogP contribution is -2.23. The molecule has 0 aromatic heterocycles. The van der Waals surface area contributed by atoms with Crippen molar-refractivity contribution < 1.29 is 23.9 Å². The SMILES string of the molecule is O=C(/C=C/C(=O)OC1CCCC1)OCC(=O)C1CCCCC1. The number of rotatable bonds is 6. The summed E-state index contributed by atoms with van der Waals surface area (Å²) >= 11 is 0. The molecule has 5 heteroatoms. The lowest BCUT2D eigenvalue weighted by molar-refractivity contribution is -0.145. The summed E-state index contributed by atoms with van der Waals surface area (Å²) in [4.78, 5) is 34.9. The number of carbonyl (C=O) groups excluding carboxylic acids is 3. The molecule has 0 aromatic rings. The van der Waals surface area contributed by atoms with Crippen molar-refractivity contribution in [2.75, 3.05) is 6.61 Å². The van der Waals surface area contributed by atoms with Crippen LogP contribution in [0.3, 0.4) is 0 Å². The standard InChI is InChI=1S/C17H24O5/c18-15(13-6-2-1-3-7-13)12-21-16(19)10-11-17(20)22-14-8-4-5-9-14/h10-11,13-14H,1-9,12H2/b11-10+. The third kappa shape index (κ3) is 5.62. The first-order valence-corrected chi connectivity index (χ1v) is 8.23. The molecule has 0 amide bonds. The Morgan fingerprint density at radius 1 is 0.818 bits per heavy atom. The Morgan fingerprint density at radius 2 is 1.41 bits per heavy atom. The minimum atomic E-state index is -0.674. The number of esters is 2. The van der Waals surface area contributed by atoms with Crippen molar-refractivity contribution in [2.45, 2.75) is 63.9 Å². The number of ketones is 1. The second-order valence-electron chi connectivity index (χ2n) is 6.09. The van der Waals surface area contributed by atoms with E-state index >= 15 is 0 Å². The van der Waals surface area contributed by atoms with Crippen molar-refractivity contribution in [3.63, 3.8) is 0 Å². The predicted molar refractivity (Wildman–Crippen MR) is 80.0 cm³/mol. The van der Waals surface area contributed by atoms with Crippen molar-refractivity contribution in [1.29, 1.82) is 0 Å². The third-order valence-corrected chi connectivity index (χ3v) is 4.36. The smallest absolute Gasteiger partial charge is 0.331 e. The van der Waals surface area contributed by atoms with E-state index in [1.54, 1.807) is 0 Å². The van der Waals surface area contributed by atoms with Gasteiger partial charge in [-0.05, 0) is 38.5 Å². The predicted octanol–water partition coefficient (Wildman–Crippen LogP) is 2.72. The molecular formula is C17H24O5. The maximum Gasteiger partial charge on any atom is 0.331 e. The summed E-state index contributed by atoms with van der Waals surface area (Å²) in [5.74, 6) is -1.19.